The van der Waals surface area contributed by atoms with Crippen molar-refractivity contribution in [3.63, 3.8) is 0 Å². The monoisotopic (exact) mass is 249 g/mol. The predicted molar refractivity (Wildman–Crippen MR) is 74.0 cm³/mol. The Morgan fingerprint density at radius 3 is 3.06 bits per heavy atom. The molecule has 4 heteroatoms. The molecule has 4 nitrogen and oxygen atoms in total. The molecule has 1 aliphatic heterocycles. The van der Waals surface area contributed by atoms with E-state index >= 15 is 0 Å². The highest BCUT2D eigenvalue weighted by Crippen LogP contribution is 2.30. The number of hydrogen-bond acceptors (Lipinski definition) is 4. The van der Waals surface area contributed by atoms with Gasteiger partial charge < -0.3 is 15.4 Å². The summed E-state index contributed by atoms with van der Waals surface area (Å²) in [7, 11) is 1.65. The van der Waals surface area contributed by atoms with E-state index in [4.69, 9.17) is 10.5 Å². The van der Waals surface area contributed by atoms with Crippen molar-refractivity contribution in [2.75, 3.05) is 25.1 Å². The summed E-state index contributed by atoms with van der Waals surface area (Å²) in [5.41, 5.74) is 7.10. The predicted octanol–water partition coefficient (Wildman–Crippen LogP) is 2.04. The van der Waals surface area contributed by atoms with Crippen LogP contribution in [-0.2, 0) is 0 Å². The van der Waals surface area contributed by atoms with Crippen molar-refractivity contribution in [1.29, 1.82) is 0 Å². The van der Waals surface area contributed by atoms with Crippen molar-refractivity contribution in [2.24, 2.45) is 11.7 Å². The fourth-order valence-electron chi connectivity index (χ4n) is 2.76. The molecule has 0 saturated carbocycles. The van der Waals surface area contributed by atoms with E-state index in [0.29, 0.717) is 18.5 Å². The number of aromatic nitrogens is 1. The van der Waals surface area contributed by atoms with Crippen molar-refractivity contribution in [3.05, 3.63) is 18.3 Å². The molecule has 2 atom stereocenters. The number of nitrogens with zero attached hydrogens (tertiary/aromatic N) is 2. The summed E-state index contributed by atoms with van der Waals surface area (Å²) in [5, 5.41) is 0. The lowest BCUT2D eigenvalue weighted by Gasteiger charge is -2.40. The zero-order valence-electron chi connectivity index (χ0n) is 11.3. The maximum Gasteiger partial charge on any atom is 0.214 e. The number of pyridine rings is 1. The zero-order chi connectivity index (χ0) is 13.0. The lowest BCUT2D eigenvalue weighted by molar-refractivity contribution is 0.335. The van der Waals surface area contributed by atoms with Crippen molar-refractivity contribution in [1.82, 2.24) is 4.98 Å². The molecule has 1 saturated heterocycles. The van der Waals surface area contributed by atoms with Crippen molar-refractivity contribution < 1.29 is 4.74 Å². The molecule has 0 aromatic carbocycles. The highest BCUT2D eigenvalue weighted by Gasteiger charge is 2.26. The number of rotatable bonds is 4. The molecule has 0 bridgehead atoms. The third-order valence-corrected chi connectivity index (χ3v) is 3.93. The first kappa shape index (κ1) is 13.1. The van der Waals surface area contributed by atoms with E-state index in [1.54, 1.807) is 13.3 Å². The molecule has 100 valence electrons. The molecular formula is C14H23N3O. The van der Waals surface area contributed by atoms with Crippen molar-refractivity contribution in [3.8, 4) is 5.88 Å². The smallest absolute Gasteiger partial charge is 0.214 e. The van der Waals surface area contributed by atoms with Crippen LogP contribution in [0.3, 0.4) is 0 Å². The molecule has 2 heterocycles. The number of ether oxygens (including phenoxy) is 1. The molecule has 1 aromatic rings. The van der Waals surface area contributed by atoms with Gasteiger partial charge in [-0.15, -0.1) is 0 Å². The van der Waals surface area contributed by atoms with Crippen LogP contribution in [0.4, 0.5) is 5.69 Å². The zero-order valence-corrected chi connectivity index (χ0v) is 11.3. The van der Waals surface area contributed by atoms with Crippen LogP contribution in [0.1, 0.15) is 26.2 Å². The Balaban J connectivity index is 2.15. The third kappa shape index (κ3) is 2.75. The molecule has 1 aromatic heterocycles. The van der Waals surface area contributed by atoms with E-state index < -0.39 is 0 Å². The van der Waals surface area contributed by atoms with Gasteiger partial charge in [0.1, 0.15) is 0 Å². The quantitative estimate of drug-likeness (QED) is 0.887. The van der Waals surface area contributed by atoms with Gasteiger partial charge in [-0.25, -0.2) is 4.98 Å². The SMILES string of the molecule is CCC1CCN(c2ccnc(OC)c2)C(CN)C1. The molecule has 0 spiro atoms. The van der Waals surface area contributed by atoms with E-state index in [1.807, 2.05) is 12.1 Å². The molecule has 0 amide bonds. The summed E-state index contributed by atoms with van der Waals surface area (Å²) in [6.45, 7) is 4.05. The Hall–Kier alpha value is -1.29. The van der Waals surface area contributed by atoms with Crippen LogP contribution >= 0.6 is 0 Å². The van der Waals surface area contributed by atoms with Gasteiger partial charge in [0.25, 0.3) is 0 Å². The van der Waals surface area contributed by atoms with Gasteiger partial charge in [-0.05, 0) is 24.8 Å². The third-order valence-electron chi connectivity index (χ3n) is 3.93. The van der Waals surface area contributed by atoms with Crippen LogP contribution in [0.5, 0.6) is 5.88 Å². The summed E-state index contributed by atoms with van der Waals surface area (Å²) in [4.78, 5) is 6.55. The topological polar surface area (TPSA) is 51.4 Å². The summed E-state index contributed by atoms with van der Waals surface area (Å²) in [5.74, 6) is 1.49. The van der Waals surface area contributed by atoms with Crippen LogP contribution in [0.2, 0.25) is 0 Å². The summed E-state index contributed by atoms with van der Waals surface area (Å²) in [6, 6.07) is 4.47. The fraction of sp³-hybridized carbons (Fsp3) is 0.643. The summed E-state index contributed by atoms with van der Waals surface area (Å²) >= 11 is 0. The average Bonchev–Trinajstić information content (AvgIpc) is 2.46. The number of piperidine rings is 1. The van der Waals surface area contributed by atoms with Gasteiger partial charge in [-0.3, -0.25) is 0 Å². The minimum absolute atomic E-state index is 0.441. The van der Waals surface area contributed by atoms with Crippen LogP contribution < -0.4 is 15.4 Å². The second-order valence-electron chi connectivity index (χ2n) is 4.94. The largest absolute Gasteiger partial charge is 0.481 e. The molecule has 1 fully saturated rings. The van der Waals surface area contributed by atoms with E-state index in [0.717, 1.165) is 12.5 Å². The van der Waals surface area contributed by atoms with Crippen molar-refractivity contribution in [2.45, 2.75) is 32.2 Å². The molecular weight excluding hydrogens is 226 g/mol. The van der Waals surface area contributed by atoms with E-state index in [-0.39, 0.29) is 0 Å². The van der Waals surface area contributed by atoms with E-state index in [1.165, 1.54) is 24.9 Å². The highest BCUT2D eigenvalue weighted by molar-refractivity contribution is 5.49. The molecule has 1 aliphatic rings. The lowest BCUT2D eigenvalue weighted by Crippen LogP contribution is -2.46. The summed E-state index contributed by atoms with van der Waals surface area (Å²) in [6.07, 6.45) is 5.49. The Labute approximate surface area is 109 Å². The molecule has 2 unspecified atom stereocenters. The van der Waals surface area contributed by atoms with Gasteiger partial charge in [-0.1, -0.05) is 13.3 Å². The normalized spacial score (nSPS) is 24.1. The second-order valence-corrected chi connectivity index (χ2v) is 4.94. The van der Waals surface area contributed by atoms with E-state index in [9.17, 15) is 0 Å². The Morgan fingerprint density at radius 2 is 2.39 bits per heavy atom. The summed E-state index contributed by atoms with van der Waals surface area (Å²) < 4.78 is 5.19. The number of nitrogens with two attached hydrogens (primary N) is 1. The van der Waals surface area contributed by atoms with Gasteiger partial charge >= 0.3 is 0 Å². The van der Waals surface area contributed by atoms with Gasteiger partial charge in [-0.2, -0.15) is 0 Å². The van der Waals surface area contributed by atoms with Crippen molar-refractivity contribution >= 4 is 5.69 Å². The molecule has 18 heavy (non-hydrogen) atoms. The van der Waals surface area contributed by atoms with Gasteiger partial charge in [0.05, 0.1) is 7.11 Å². The molecule has 2 N–H and O–H groups in total. The van der Waals surface area contributed by atoms with Crippen LogP contribution in [-0.4, -0.2) is 31.2 Å². The fourth-order valence-corrected chi connectivity index (χ4v) is 2.76. The van der Waals surface area contributed by atoms with Gasteiger partial charge in [0, 0.05) is 37.1 Å². The second kappa shape index (κ2) is 6.05. The van der Waals surface area contributed by atoms with Crippen LogP contribution in [0.25, 0.3) is 0 Å². The average molecular weight is 249 g/mol. The van der Waals surface area contributed by atoms with Gasteiger partial charge in [0.15, 0.2) is 0 Å². The molecule has 2 rings (SSSR count). The first-order chi connectivity index (χ1) is 8.78. The Morgan fingerprint density at radius 1 is 1.56 bits per heavy atom. The number of methoxy groups -OCH3 is 1. The van der Waals surface area contributed by atoms with Crippen LogP contribution in [0.15, 0.2) is 18.3 Å². The first-order valence-electron chi connectivity index (χ1n) is 6.75. The maximum absolute atomic E-state index is 5.93. The Kier molecular flexibility index (Phi) is 4.42. The molecule has 0 aliphatic carbocycles. The number of hydrogen-bond donors (Lipinski definition) is 1. The first-order valence-corrected chi connectivity index (χ1v) is 6.75. The van der Waals surface area contributed by atoms with Gasteiger partial charge in [0.2, 0.25) is 5.88 Å². The lowest BCUT2D eigenvalue weighted by atomic mass is 9.88. The Bertz CT molecular complexity index is 383. The van der Waals surface area contributed by atoms with Crippen LogP contribution in [0, 0.1) is 5.92 Å². The maximum atomic E-state index is 5.93. The molecule has 0 radical (unpaired) electrons. The number of anilines is 1. The van der Waals surface area contributed by atoms with E-state index in [2.05, 4.69) is 16.8 Å². The standard InChI is InChI=1S/C14H23N3O/c1-3-11-5-7-17(13(8-11)10-15)12-4-6-16-14(9-12)18-2/h4,6,9,11,13H,3,5,7-8,10,15H2,1-2H3. The minimum atomic E-state index is 0.441. The minimum Gasteiger partial charge on any atom is -0.481 e. The highest BCUT2D eigenvalue weighted by atomic mass is 16.5.